The van der Waals surface area contributed by atoms with Crippen LogP contribution in [0.15, 0.2) is 65.1 Å². The average molecular weight is 478 g/mol. The van der Waals surface area contributed by atoms with Crippen LogP contribution < -0.4 is 16.0 Å². The number of aryl methyl sites for hydroxylation is 1. The second-order valence-electron chi connectivity index (χ2n) is 8.60. The molecule has 2 heterocycles. The first-order valence-corrected chi connectivity index (χ1v) is 11.6. The van der Waals surface area contributed by atoms with E-state index in [0.29, 0.717) is 40.5 Å². The van der Waals surface area contributed by atoms with Gasteiger partial charge >= 0.3 is 5.97 Å². The van der Waals surface area contributed by atoms with Gasteiger partial charge in [0.05, 0.1) is 12.3 Å². The number of nitrogens with zero attached hydrogens (tertiary/aromatic N) is 1. The van der Waals surface area contributed by atoms with E-state index in [9.17, 15) is 14.4 Å². The molecule has 174 valence electrons. The molecule has 0 bridgehead atoms. The lowest BCUT2D eigenvalue weighted by atomic mass is 9.63. The van der Waals surface area contributed by atoms with Crippen molar-refractivity contribution < 1.29 is 19.1 Å². The van der Waals surface area contributed by atoms with E-state index in [2.05, 4.69) is 5.32 Å². The highest BCUT2D eigenvalue weighted by molar-refractivity contribution is 6.31. The van der Waals surface area contributed by atoms with Gasteiger partial charge < -0.3 is 15.8 Å². The first kappa shape index (κ1) is 22.2. The SMILES string of the molecule is CCOC(=O)C1=C(N)N(c2cc(Cl)ccc2C)C2=C(C(=O)CCC2)C12C(=O)Nc1ccccc12. The molecule has 3 aliphatic rings. The zero-order valence-corrected chi connectivity index (χ0v) is 19.7. The number of halogens is 1. The van der Waals surface area contributed by atoms with Crippen molar-refractivity contribution in [1.82, 2.24) is 0 Å². The number of carbonyl (C=O) groups excluding carboxylic acids is 3. The highest BCUT2D eigenvalue weighted by Gasteiger charge is 2.61. The van der Waals surface area contributed by atoms with Crippen LogP contribution in [0.5, 0.6) is 0 Å². The van der Waals surface area contributed by atoms with Crippen molar-refractivity contribution in [3.8, 4) is 0 Å². The molecule has 1 atom stereocenters. The van der Waals surface area contributed by atoms with Gasteiger partial charge in [0.25, 0.3) is 0 Å². The van der Waals surface area contributed by atoms with Gasteiger partial charge in [0.15, 0.2) is 5.78 Å². The number of rotatable bonds is 3. The molecule has 2 aliphatic heterocycles. The molecule has 1 unspecified atom stereocenters. The maximum Gasteiger partial charge on any atom is 0.339 e. The second kappa shape index (κ2) is 8.02. The molecule has 0 saturated carbocycles. The lowest BCUT2D eigenvalue weighted by Gasteiger charge is -2.44. The van der Waals surface area contributed by atoms with Crippen LogP contribution in [0.1, 0.15) is 37.3 Å². The summed E-state index contributed by atoms with van der Waals surface area (Å²) in [4.78, 5) is 42.6. The number of benzene rings is 2. The Bertz CT molecular complexity index is 1330. The smallest absolute Gasteiger partial charge is 0.339 e. The number of amides is 1. The summed E-state index contributed by atoms with van der Waals surface area (Å²) in [6.07, 6.45) is 1.39. The van der Waals surface area contributed by atoms with Crippen LogP contribution in [0, 0.1) is 6.92 Å². The third kappa shape index (κ3) is 2.93. The summed E-state index contributed by atoms with van der Waals surface area (Å²) in [5.74, 6) is -1.34. The van der Waals surface area contributed by atoms with Gasteiger partial charge in [-0.15, -0.1) is 0 Å². The Morgan fingerprint density at radius 2 is 1.97 bits per heavy atom. The number of para-hydroxylation sites is 1. The Kier molecular flexibility index (Phi) is 5.24. The largest absolute Gasteiger partial charge is 0.462 e. The van der Waals surface area contributed by atoms with Crippen LogP contribution in [0.3, 0.4) is 0 Å². The first-order valence-electron chi connectivity index (χ1n) is 11.2. The van der Waals surface area contributed by atoms with E-state index in [-0.39, 0.29) is 35.8 Å². The number of anilines is 2. The highest BCUT2D eigenvalue weighted by atomic mass is 35.5. The number of ketones is 1. The van der Waals surface area contributed by atoms with Crippen molar-refractivity contribution in [2.75, 3.05) is 16.8 Å². The van der Waals surface area contributed by atoms with Crippen LogP contribution >= 0.6 is 11.6 Å². The van der Waals surface area contributed by atoms with Gasteiger partial charge in [-0.25, -0.2) is 4.79 Å². The normalized spacial score (nSPS) is 21.6. The number of nitrogens with two attached hydrogens (primary N) is 1. The Morgan fingerprint density at radius 3 is 2.74 bits per heavy atom. The van der Waals surface area contributed by atoms with Crippen molar-refractivity contribution >= 4 is 40.6 Å². The molecule has 8 heteroatoms. The molecule has 1 spiro atoms. The van der Waals surface area contributed by atoms with E-state index in [0.717, 1.165) is 5.56 Å². The number of nitrogens with one attached hydrogen (secondary N) is 1. The van der Waals surface area contributed by atoms with Crippen LogP contribution in [-0.2, 0) is 24.5 Å². The van der Waals surface area contributed by atoms with Crippen molar-refractivity contribution in [3.63, 3.8) is 0 Å². The number of hydrogen-bond donors (Lipinski definition) is 2. The van der Waals surface area contributed by atoms with Gasteiger partial charge in [0.1, 0.15) is 16.8 Å². The molecule has 0 radical (unpaired) electrons. The first-order chi connectivity index (χ1) is 16.3. The van der Waals surface area contributed by atoms with Gasteiger partial charge in [-0.2, -0.15) is 0 Å². The molecule has 1 aliphatic carbocycles. The molecule has 7 nitrogen and oxygen atoms in total. The van der Waals surface area contributed by atoms with E-state index in [1.54, 1.807) is 48.2 Å². The third-order valence-corrected chi connectivity index (χ3v) is 6.95. The lowest BCUT2D eigenvalue weighted by Crippen LogP contribution is -2.53. The summed E-state index contributed by atoms with van der Waals surface area (Å²) in [5.41, 5.74) is 8.49. The van der Waals surface area contributed by atoms with Gasteiger partial charge in [-0.3, -0.25) is 14.5 Å². The molecule has 0 saturated heterocycles. The minimum Gasteiger partial charge on any atom is -0.462 e. The molecule has 2 aromatic rings. The fraction of sp³-hybridized carbons (Fsp3) is 0.269. The molecule has 3 N–H and O–H groups in total. The molecule has 0 fully saturated rings. The summed E-state index contributed by atoms with van der Waals surface area (Å²) < 4.78 is 5.41. The lowest BCUT2D eigenvalue weighted by molar-refractivity contribution is -0.140. The van der Waals surface area contributed by atoms with Crippen molar-refractivity contribution in [2.45, 2.75) is 38.5 Å². The quantitative estimate of drug-likeness (QED) is 0.645. The predicted molar refractivity (Wildman–Crippen MR) is 129 cm³/mol. The van der Waals surface area contributed by atoms with Crippen LogP contribution in [-0.4, -0.2) is 24.3 Å². The van der Waals surface area contributed by atoms with Crippen molar-refractivity contribution in [1.29, 1.82) is 0 Å². The standard InChI is InChI=1S/C26H24ClN3O4/c1-3-34-24(32)22-23(28)30(19-13-15(27)12-11-14(19)2)18-9-6-10-20(31)21(18)26(22)16-7-4-5-8-17(16)29-25(26)33/h4-5,7-8,11-13H,3,6,9-10,28H2,1-2H3,(H,29,33). The molecule has 1 amide bonds. The van der Waals surface area contributed by atoms with Crippen LogP contribution in [0.25, 0.3) is 0 Å². The molecule has 5 rings (SSSR count). The second-order valence-corrected chi connectivity index (χ2v) is 9.03. The Hall–Kier alpha value is -3.58. The fourth-order valence-electron chi connectivity index (χ4n) is 5.36. The number of Topliss-reactive ketones (excluding diaryl/α,β-unsaturated/α-hetero) is 1. The summed E-state index contributed by atoms with van der Waals surface area (Å²) in [6, 6.07) is 12.4. The number of ether oxygens (including phenoxy) is 1. The summed E-state index contributed by atoms with van der Waals surface area (Å²) in [5, 5.41) is 3.36. The predicted octanol–water partition coefficient (Wildman–Crippen LogP) is 4.10. The number of esters is 1. The maximum atomic E-state index is 13.8. The maximum absolute atomic E-state index is 13.8. The topological polar surface area (TPSA) is 102 Å². The van der Waals surface area contributed by atoms with Crippen LogP contribution in [0.4, 0.5) is 11.4 Å². The number of fused-ring (bicyclic) bond motifs is 3. The third-order valence-electron chi connectivity index (χ3n) is 6.71. The minimum atomic E-state index is -1.68. The highest BCUT2D eigenvalue weighted by Crippen LogP contribution is 2.55. The molecule has 34 heavy (non-hydrogen) atoms. The molecule has 2 aromatic carbocycles. The Balaban J connectivity index is 1.92. The minimum absolute atomic E-state index is 0.0508. The summed E-state index contributed by atoms with van der Waals surface area (Å²) in [7, 11) is 0. The Labute approximate surface area is 202 Å². The molecular formula is C26H24ClN3O4. The fourth-order valence-corrected chi connectivity index (χ4v) is 5.53. The molecule has 0 aromatic heterocycles. The zero-order valence-electron chi connectivity index (χ0n) is 18.9. The van der Waals surface area contributed by atoms with Gasteiger partial charge in [-0.05, 0) is 50.5 Å². The van der Waals surface area contributed by atoms with E-state index in [4.69, 9.17) is 22.1 Å². The van der Waals surface area contributed by atoms with Crippen molar-refractivity contribution in [2.24, 2.45) is 5.73 Å². The van der Waals surface area contributed by atoms with Gasteiger partial charge in [0.2, 0.25) is 5.91 Å². The van der Waals surface area contributed by atoms with Gasteiger partial charge in [-0.1, -0.05) is 35.9 Å². The zero-order chi connectivity index (χ0) is 24.2. The molecular weight excluding hydrogens is 454 g/mol. The summed E-state index contributed by atoms with van der Waals surface area (Å²) in [6.45, 7) is 3.67. The van der Waals surface area contributed by atoms with E-state index >= 15 is 0 Å². The van der Waals surface area contributed by atoms with Crippen LogP contribution in [0.2, 0.25) is 5.02 Å². The van der Waals surface area contributed by atoms with E-state index < -0.39 is 17.3 Å². The summed E-state index contributed by atoms with van der Waals surface area (Å²) >= 11 is 6.32. The number of carbonyl (C=O) groups is 3. The monoisotopic (exact) mass is 477 g/mol. The van der Waals surface area contributed by atoms with E-state index in [1.807, 2.05) is 13.0 Å². The Morgan fingerprint density at radius 1 is 1.21 bits per heavy atom. The number of allylic oxidation sites excluding steroid dienone is 1. The van der Waals surface area contributed by atoms with Crippen molar-refractivity contribution in [3.05, 3.63) is 81.3 Å². The van der Waals surface area contributed by atoms with Gasteiger partial charge in [0, 0.05) is 34.0 Å². The number of hydrogen-bond acceptors (Lipinski definition) is 6. The van der Waals surface area contributed by atoms with E-state index in [1.165, 1.54) is 0 Å². The average Bonchev–Trinajstić information content (AvgIpc) is 3.08.